The molecule has 0 aromatic carbocycles. The lowest BCUT2D eigenvalue weighted by Gasteiger charge is -2.22. The molecule has 0 atom stereocenters. The van der Waals surface area contributed by atoms with Crippen molar-refractivity contribution in [3.8, 4) is 0 Å². The van der Waals surface area contributed by atoms with Gasteiger partial charge in [0.05, 0.1) is 17.8 Å². The van der Waals surface area contributed by atoms with Crippen molar-refractivity contribution in [1.29, 1.82) is 0 Å². The second kappa shape index (κ2) is 5.45. The highest BCUT2D eigenvalue weighted by Gasteiger charge is 2.25. The van der Waals surface area contributed by atoms with Gasteiger partial charge in [0.2, 0.25) is 5.91 Å². The molecule has 1 aromatic rings. The first kappa shape index (κ1) is 14.6. The van der Waals surface area contributed by atoms with E-state index in [-0.39, 0.29) is 17.3 Å². The molecule has 0 aliphatic carbocycles. The van der Waals surface area contributed by atoms with E-state index in [4.69, 9.17) is 5.11 Å². The number of aromatic nitrogens is 1. The molecule has 0 aliphatic rings. The third-order valence-corrected chi connectivity index (χ3v) is 3.77. The molecule has 18 heavy (non-hydrogen) atoms. The van der Waals surface area contributed by atoms with E-state index < -0.39 is 11.5 Å². The van der Waals surface area contributed by atoms with Gasteiger partial charge in [-0.2, -0.15) is 0 Å². The number of amides is 1. The van der Waals surface area contributed by atoms with E-state index in [2.05, 4.69) is 15.6 Å². The highest BCUT2D eigenvalue weighted by Crippen LogP contribution is 2.17. The van der Waals surface area contributed by atoms with Crippen LogP contribution in [-0.2, 0) is 11.3 Å². The molecular formula is C11H17N3O3S. The van der Waals surface area contributed by atoms with Crippen LogP contribution in [0, 0.1) is 6.92 Å². The van der Waals surface area contributed by atoms with Crippen LogP contribution in [-0.4, -0.2) is 34.6 Å². The first-order valence-corrected chi connectivity index (χ1v) is 6.26. The Hall–Kier alpha value is -1.47. The Morgan fingerprint density at radius 3 is 2.50 bits per heavy atom. The van der Waals surface area contributed by atoms with Gasteiger partial charge in [0, 0.05) is 0 Å². The Balaban J connectivity index is 2.68. The third kappa shape index (κ3) is 3.27. The van der Waals surface area contributed by atoms with Crippen molar-refractivity contribution >= 4 is 23.2 Å². The van der Waals surface area contributed by atoms with Crippen molar-refractivity contribution in [3.05, 3.63) is 15.6 Å². The number of aromatic carboxylic acids is 1. The normalized spacial score (nSPS) is 11.3. The van der Waals surface area contributed by atoms with Gasteiger partial charge >= 0.3 is 5.97 Å². The lowest BCUT2D eigenvalue weighted by atomic mass is 10.1. The number of carboxylic acids is 1. The van der Waals surface area contributed by atoms with E-state index in [0.29, 0.717) is 10.7 Å². The Kier molecular flexibility index (Phi) is 4.42. The SMILES string of the molecule is CNC(C)(C)C(=O)NCc1nc(C)c(C(=O)O)s1. The molecule has 0 aliphatic heterocycles. The monoisotopic (exact) mass is 271 g/mol. The van der Waals surface area contributed by atoms with Gasteiger partial charge in [-0.15, -0.1) is 11.3 Å². The summed E-state index contributed by atoms with van der Waals surface area (Å²) in [5.74, 6) is -1.15. The number of rotatable bonds is 5. The Labute approximate surface area is 109 Å². The lowest BCUT2D eigenvalue weighted by Crippen LogP contribution is -2.50. The summed E-state index contributed by atoms with van der Waals surface area (Å²) < 4.78 is 0. The van der Waals surface area contributed by atoms with E-state index in [1.165, 1.54) is 0 Å². The topological polar surface area (TPSA) is 91.3 Å². The number of hydrogen-bond donors (Lipinski definition) is 3. The smallest absolute Gasteiger partial charge is 0.347 e. The molecule has 0 unspecified atom stereocenters. The molecule has 0 fully saturated rings. The van der Waals surface area contributed by atoms with Crippen LogP contribution in [0.5, 0.6) is 0 Å². The molecule has 6 nitrogen and oxygen atoms in total. The van der Waals surface area contributed by atoms with Crippen LogP contribution in [0.3, 0.4) is 0 Å². The van der Waals surface area contributed by atoms with Gasteiger partial charge in [-0.05, 0) is 27.8 Å². The second-order valence-corrected chi connectivity index (χ2v) is 5.47. The van der Waals surface area contributed by atoms with Crippen LogP contribution in [0.4, 0.5) is 0 Å². The zero-order valence-corrected chi connectivity index (χ0v) is 11.6. The molecule has 0 radical (unpaired) electrons. The minimum Gasteiger partial charge on any atom is -0.477 e. The number of nitrogens with one attached hydrogen (secondary N) is 2. The van der Waals surface area contributed by atoms with Gasteiger partial charge in [0.1, 0.15) is 9.88 Å². The number of carbonyl (C=O) groups excluding carboxylic acids is 1. The highest BCUT2D eigenvalue weighted by atomic mass is 32.1. The van der Waals surface area contributed by atoms with Crippen LogP contribution < -0.4 is 10.6 Å². The van der Waals surface area contributed by atoms with E-state index in [1.54, 1.807) is 27.8 Å². The van der Waals surface area contributed by atoms with Crippen molar-refractivity contribution in [2.75, 3.05) is 7.05 Å². The first-order valence-electron chi connectivity index (χ1n) is 5.44. The molecule has 1 aromatic heterocycles. The molecule has 7 heteroatoms. The Morgan fingerprint density at radius 1 is 1.44 bits per heavy atom. The highest BCUT2D eigenvalue weighted by molar-refractivity contribution is 7.13. The average molecular weight is 271 g/mol. The number of hydrogen-bond acceptors (Lipinski definition) is 5. The van der Waals surface area contributed by atoms with E-state index >= 15 is 0 Å². The summed E-state index contributed by atoms with van der Waals surface area (Å²) in [5, 5.41) is 15.1. The maximum Gasteiger partial charge on any atom is 0.347 e. The van der Waals surface area contributed by atoms with Crippen LogP contribution in [0.2, 0.25) is 0 Å². The predicted molar refractivity (Wildman–Crippen MR) is 68.8 cm³/mol. The molecule has 0 spiro atoms. The summed E-state index contributed by atoms with van der Waals surface area (Å²) >= 11 is 1.08. The van der Waals surface area contributed by atoms with Crippen molar-refractivity contribution < 1.29 is 14.7 Å². The van der Waals surface area contributed by atoms with Crippen LogP contribution >= 0.6 is 11.3 Å². The van der Waals surface area contributed by atoms with Gasteiger partial charge in [0.25, 0.3) is 0 Å². The van der Waals surface area contributed by atoms with Gasteiger partial charge in [-0.3, -0.25) is 4.79 Å². The van der Waals surface area contributed by atoms with Gasteiger partial charge in [0.15, 0.2) is 0 Å². The van der Waals surface area contributed by atoms with E-state index in [0.717, 1.165) is 11.3 Å². The molecule has 100 valence electrons. The molecule has 0 bridgehead atoms. The maximum atomic E-state index is 11.8. The van der Waals surface area contributed by atoms with E-state index in [1.807, 2.05) is 0 Å². The summed E-state index contributed by atoms with van der Waals surface area (Å²) in [6, 6.07) is 0. The number of thiazole rings is 1. The summed E-state index contributed by atoms with van der Waals surface area (Å²) in [4.78, 5) is 27.0. The minimum atomic E-state index is -0.988. The number of nitrogens with zero attached hydrogens (tertiary/aromatic N) is 1. The molecule has 1 amide bonds. The molecule has 3 N–H and O–H groups in total. The molecule has 1 rings (SSSR count). The average Bonchev–Trinajstić information content (AvgIpc) is 2.67. The van der Waals surface area contributed by atoms with Crippen LogP contribution in [0.15, 0.2) is 0 Å². The fourth-order valence-electron chi connectivity index (χ4n) is 1.22. The number of carbonyl (C=O) groups is 2. The van der Waals surface area contributed by atoms with Gasteiger partial charge in [-0.1, -0.05) is 0 Å². The lowest BCUT2D eigenvalue weighted by molar-refractivity contribution is -0.126. The van der Waals surface area contributed by atoms with Gasteiger partial charge in [-0.25, -0.2) is 9.78 Å². The van der Waals surface area contributed by atoms with Gasteiger partial charge < -0.3 is 15.7 Å². The van der Waals surface area contributed by atoms with Crippen LogP contribution in [0.25, 0.3) is 0 Å². The quantitative estimate of drug-likeness (QED) is 0.735. The van der Waals surface area contributed by atoms with Crippen molar-refractivity contribution in [2.45, 2.75) is 32.9 Å². The second-order valence-electron chi connectivity index (χ2n) is 4.38. The standard InChI is InChI=1S/C11H17N3O3S/c1-6-8(9(15)16)18-7(14-6)5-13-10(17)11(2,3)12-4/h12H,5H2,1-4H3,(H,13,17)(H,15,16). The minimum absolute atomic E-state index is 0.158. The molecule has 0 saturated carbocycles. The summed E-state index contributed by atoms with van der Waals surface area (Å²) in [7, 11) is 1.70. The Bertz CT molecular complexity index is 468. The van der Waals surface area contributed by atoms with Crippen molar-refractivity contribution in [2.24, 2.45) is 0 Å². The summed E-state index contributed by atoms with van der Waals surface area (Å²) in [6.07, 6.45) is 0. The maximum absolute atomic E-state index is 11.8. The number of carboxylic acid groups (broad SMARTS) is 1. The molecule has 1 heterocycles. The largest absolute Gasteiger partial charge is 0.477 e. The Morgan fingerprint density at radius 2 is 2.06 bits per heavy atom. The molecule has 0 saturated heterocycles. The number of aryl methyl sites for hydroxylation is 1. The van der Waals surface area contributed by atoms with Crippen LogP contribution in [0.1, 0.15) is 34.2 Å². The number of likely N-dealkylation sites (N-methyl/N-ethyl adjacent to an activating group) is 1. The first-order chi connectivity index (χ1) is 8.27. The van der Waals surface area contributed by atoms with Crippen molar-refractivity contribution in [3.63, 3.8) is 0 Å². The van der Waals surface area contributed by atoms with E-state index in [9.17, 15) is 9.59 Å². The molecular weight excluding hydrogens is 254 g/mol. The summed E-state index contributed by atoms with van der Waals surface area (Å²) in [5.41, 5.74) is -0.188. The third-order valence-electron chi connectivity index (χ3n) is 2.63. The zero-order chi connectivity index (χ0) is 13.9. The zero-order valence-electron chi connectivity index (χ0n) is 10.8. The fraction of sp³-hybridized carbons (Fsp3) is 0.545. The fourth-order valence-corrected chi connectivity index (χ4v) is 2.06. The van der Waals surface area contributed by atoms with Crippen molar-refractivity contribution in [1.82, 2.24) is 15.6 Å². The summed E-state index contributed by atoms with van der Waals surface area (Å²) in [6.45, 7) is 5.40. The predicted octanol–water partition coefficient (Wildman–Crippen LogP) is 0.764.